The maximum Gasteiger partial charge on any atom is 0.308 e. The van der Waals surface area contributed by atoms with Crippen molar-refractivity contribution in [3.05, 3.63) is 45.1 Å². The zero-order valence-corrected chi connectivity index (χ0v) is 11.3. The maximum atomic E-state index is 10.8. The Kier molecular flexibility index (Phi) is 3.89. The Labute approximate surface area is 114 Å². The highest BCUT2D eigenvalue weighted by Gasteiger charge is 2.13. The van der Waals surface area contributed by atoms with Gasteiger partial charge >= 0.3 is 5.97 Å². The molecule has 0 unspecified atom stereocenters. The van der Waals surface area contributed by atoms with Gasteiger partial charge in [-0.2, -0.15) is 0 Å². The number of anilines is 2. The van der Waals surface area contributed by atoms with Gasteiger partial charge in [0.25, 0.3) is 0 Å². The van der Waals surface area contributed by atoms with E-state index in [1.165, 1.54) is 11.3 Å². The lowest BCUT2D eigenvalue weighted by Crippen LogP contribution is -2.01. The van der Waals surface area contributed by atoms with Crippen LogP contribution in [0.2, 0.25) is 5.02 Å². The van der Waals surface area contributed by atoms with Gasteiger partial charge < -0.3 is 10.4 Å². The number of halogens is 1. The normalized spacial score (nSPS) is 10.3. The van der Waals surface area contributed by atoms with Crippen LogP contribution in [0.5, 0.6) is 0 Å². The van der Waals surface area contributed by atoms with E-state index in [4.69, 9.17) is 16.7 Å². The number of benzene rings is 1. The minimum absolute atomic E-state index is 0.0191. The number of hydrogen-bond acceptors (Lipinski definition) is 3. The maximum absolute atomic E-state index is 10.8. The summed E-state index contributed by atoms with van der Waals surface area (Å²) < 4.78 is 0. The van der Waals surface area contributed by atoms with E-state index in [0.717, 1.165) is 21.8 Å². The zero-order chi connectivity index (χ0) is 13.1. The molecule has 0 amide bonds. The first-order valence-corrected chi connectivity index (χ1v) is 6.64. The second-order valence-corrected chi connectivity index (χ2v) is 5.26. The average Bonchev–Trinajstić information content (AvgIpc) is 2.64. The van der Waals surface area contributed by atoms with Crippen LogP contribution in [0, 0.1) is 6.92 Å². The Morgan fingerprint density at radius 3 is 2.83 bits per heavy atom. The lowest BCUT2D eigenvalue weighted by molar-refractivity contribution is -0.136. The van der Waals surface area contributed by atoms with Crippen LogP contribution < -0.4 is 5.32 Å². The van der Waals surface area contributed by atoms with Gasteiger partial charge in [0.1, 0.15) is 0 Å². The van der Waals surface area contributed by atoms with Crippen molar-refractivity contribution in [3.63, 3.8) is 0 Å². The van der Waals surface area contributed by atoms with Gasteiger partial charge in [-0.25, -0.2) is 0 Å². The van der Waals surface area contributed by atoms with Crippen LogP contribution in [-0.2, 0) is 11.2 Å². The fourth-order valence-corrected chi connectivity index (χ4v) is 2.79. The number of aryl methyl sites for hydroxylation is 1. The highest BCUT2D eigenvalue weighted by molar-refractivity contribution is 7.10. The van der Waals surface area contributed by atoms with E-state index in [1.807, 2.05) is 30.5 Å². The Balaban J connectivity index is 2.31. The van der Waals surface area contributed by atoms with E-state index < -0.39 is 5.97 Å². The molecule has 0 atom stereocenters. The summed E-state index contributed by atoms with van der Waals surface area (Å²) in [6.45, 7) is 1.95. The monoisotopic (exact) mass is 281 g/mol. The predicted octanol–water partition coefficient (Wildman–Crippen LogP) is 4.08. The van der Waals surface area contributed by atoms with E-state index in [1.54, 1.807) is 6.07 Å². The molecule has 0 spiro atoms. The molecule has 2 rings (SSSR count). The molecule has 0 saturated heterocycles. The molecule has 5 heteroatoms. The van der Waals surface area contributed by atoms with Gasteiger partial charge in [0.2, 0.25) is 0 Å². The summed E-state index contributed by atoms with van der Waals surface area (Å²) in [6, 6.07) is 7.39. The van der Waals surface area contributed by atoms with Gasteiger partial charge in [-0.3, -0.25) is 4.79 Å². The van der Waals surface area contributed by atoms with Crippen molar-refractivity contribution in [2.24, 2.45) is 0 Å². The van der Waals surface area contributed by atoms with E-state index >= 15 is 0 Å². The van der Waals surface area contributed by atoms with Crippen molar-refractivity contribution in [1.82, 2.24) is 0 Å². The molecule has 2 aromatic rings. The smallest absolute Gasteiger partial charge is 0.308 e. The first-order valence-electron chi connectivity index (χ1n) is 5.38. The third kappa shape index (κ3) is 2.83. The third-order valence-corrected chi connectivity index (χ3v) is 3.93. The molecule has 1 aromatic carbocycles. The summed E-state index contributed by atoms with van der Waals surface area (Å²) in [6.07, 6.45) is 0.0191. The number of aliphatic carboxylic acids is 1. The molecular weight excluding hydrogens is 270 g/mol. The van der Waals surface area contributed by atoms with Crippen molar-refractivity contribution in [3.8, 4) is 0 Å². The lowest BCUT2D eigenvalue weighted by atomic mass is 10.2. The van der Waals surface area contributed by atoms with Crippen LogP contribution in [-0.4, -0.2) is 11.1 Å². The molecule has 0 bridgehead atoms. The summed E-state index contributed by atoms with van der Waals surface area (Å²) in [7, 11) is 0. The SMILES string of the molecule is Cc1csc(CC(=O)O)c1Nc1ccccc1Cl. The zero-order valence-electron chi connectivity index (χ0n) is 9.74. The number of carbonyl (C=O) groups is 1. The first-order chi connectivity index (χ1) is 8.58. The molecular formula is C13H12ClNO2S. The van der Waals surface area contributed by atoms with Gasteiger partial charge in [0.15, 0.2) is 0 Å². The van der Waals surface area contributed by atoms with Crippen LogP contribution in [0.15, 0.2) is 29.6 Å². The summed E-state index contributed by atoms with van der Waals surface area (Å²) in [4.78, 5) is 11.6. The van der Waals surface area contributed by atoms with Crippen molar-refractivity contribution in [2.75, 3.05) is 5.32 Å². The average molecular weight is 282 g/mol. The fraction of sp³-hybridized carbons (Fsp3) is 0.154. The molecule has 0 saturated carbocycles. The molecule has 0 radical (unpaired) electrons. The molecule has 0 aliphatic rings. The van der Waals surface area contributed by atoms with Crippen LogP contribution >= 0.6 is 22.9 Å². The number of rotatable bonds is 4. The molecule has 0 fully saturated rings. The van der Waals surface area contributed by atoms with Gasteiger partial charge in [0, 0.05) is 4.88 Å². The molecule has 18 heavy (non-hydrogen) atoms. The Morgan fingerprint density at radius 1 is 1.44 bits per heavy atom. The molecule has 3 nitrogen and oxygen atoms in total. The number of thiophene rings is 1. The molecule has 1 aromatic heterocycles. The number of nitrogens with one attached hydrogen (secondary N) is 1. The molecule has 94 valence electrons. The second-order valence-electron chi connectivity index (χ2n) is 3.89. The first kappa shape index (κ1) is 12.9. The highest BCUT2D eigenvalue weighted by atomic mass is 35.5. The quantitative estimate of drug-likeness (QED) is 0.888. The van der Waals surface area contributed by atoms with E-state index in [2.05, 4.69) is 5.32 Å². The van der Waals surface area contributed by atoms with Crippen LogP contribution in [0.25, 0.3) is 0 Å². The van der Waals surface area contributed by atoms with Crippen LogP contribution in [0.3, 0.4) is 0 Å². The number of carboxylic acids is 1. The minimum atomic E-state index is -0.834. The summed E-state index contributed by atoms with van der Waals surface area (Å²) in [5, 5.41) is 14.6. The lowest BCUT2D eigenvalue weighted by Gasteiger charge is -2.10. The Hall–Kier alpha value is -1.52. The van der Waals surface area contributed by atoms with Gasteiger partial charge in [0.05, 0.1) is 22.8 Å². The van der Waals surface area contributed by atoms with Gasteiger partial charge in [-0.1, -0.05) is 23.7 Å². The molecule has 2 N–H and O–H groups in total. The highest BCUT2D eigenvalue weighted by Crippen LogP contribution is 2.33. The van der Waals surface area contributed by atoms with Crippen molar-refractivity contribution >= 4 is 40.3 Å². The van der Waals surface area contributed by atoms with Crippen LogP contribution in [0.1, 0.15) is 10.4 Å². The van der Waals surface area contributed by atoms with E-state index in [9.17, 15) is 4.79 Å². The largest absolute Gasteiger partial charge is 0.481 e. The topological polar surface area (TPSA) is 49.3 Å². The number of para-hydroxylation sites is 1. The van der Waals surface area contributed by atoms with Crippen molar-refractivity contribution in [1.29, 1.82) is 0 Å². The van der Waals surface area contributed by atoms with Crippen molar-refractivity contribution < 1.29 is 9.90 Å². The van der Waals surface area contributed by atoms with Gasteiger partial charge in [-0.15, -0.1) is 11.3 Å². The Morgan fingerprint density at radius 2 is 2.17 bits per heavy atom. The number of hydrogen-bond donors (Lipinski definition) is 2. The molecule has 0 aliphatic heterocycles. The summed E-state index contributed by atoms with van der Waals surface area (Å²) in [5.41, 5.74) is 2.65. The van der Waals surface area contributed by atoms with Gasteiger partial charge in [-0.05, 0) is 30.0 Å². The summed E-state index contributed by atoms with van der Waals surface area (Å²) in [5.74, 6) is -0.834. The Bertz CT molecular complexity index is 580. The van der Waals surface area contributed by atoms with Crippen LogP contribution in [0.4, 0.5) is 11.4 Å². The fourth-order valence-electron chi connectivity index (χ4n) is 1.63. The predicted molar refractivity (Wildman–Crippen MR) is 75.1 cm³/mol. The van der Waals surface area contributed by atoms with E-state index in [0.29, 0.717) is 5.02 Å². The minimum Gasteiger partial charge on any atom is -0.481 e. The second kappa shape index (κ2) is 5.42. The standard InChI is InChI=1S/C13H12ClNO2S/c1-8-7-18-11(6-12(16)17)13(8)15-10-5-3-2-4-9(10)14/h2-5,7,15H,6H2,1H3,(H,16,17). The molecule has 0 aliphatic carbocycles. The summed E-state index contributed by atoms with van der Waals surface area (Å²) >= 11 is 7.52. The van der Waals surface area contributed by atoms with Crippen molar-refractivity contribution in [2.45, 2.75) is 13.3 Å². The third-order valence-electron chi connectivity index (χ3n) is 2.50. The van der Waals surface area contributed by atoms with E-state index in [-0.39, 0.29) is 6.42 Å². The number of carboxylic acid groups (broad SMARTS) is 1. The molecule has 1 heterocycles.